The highest BCUT2D eigenvalue weighted by atomic mass is 16.1. The van der Waals surface area contributed by atoms with Crippen molar-refractivity contribution in [2.45, 2.75) is 6.54 Å². The number of nitrogens with two attached hydrogens (primary N) is 1. The highest BCUT2D eigenvalue weighted by Gasteiger charge is 2.03. The number of hydrogen-bond acceptors (Lipinski definition) is 4. The molecule has 0 amide bonds. The van der Waals surface area contributed by atoms with Crippen molar-refractivity contribution < 1.29 is 0 Å². The first-order chi connectivity index (χ1) is 7.29. The molecule has 0 bridgehead atoms. The van der Waals surface area contributed by atoms with Gasteiger partial charge in [0.1, 0.15) is 5.69 Å². The van der Waals surface area contributed by atoms with Gasteiger partial charge in [-0.05, 0) is 12.1 Å². The normalized spacial score (nSPS) is 10.2. The summed E-state index contributed by atoms with van der Waals surface area (Å²) in [5.41, 5.74) is 6.40. The summed E-state index contributed by atoms with van der Waals surface area (Å²) in [4.78, 5) is 22.1. The second kappa shape index (κ2) is 4.02. The van der Waals surface area contributed by atoms with Gasteiger partial charge in [0.2, 0.25) is 0 Å². The van der Waals surface area contributed by atoms with E-state index in [2.05, 4.69) is 15.0 Å². The third-order valence-corrected chi connectivity index (χ3v) is 1.91. The molecule has 0 unspecified atom stereocenters. The molecule has 2 heterocycles. The second-order valence-corrected chi connectivity index (χ2v) is 3.00. The smallest absolute Gasteiger partial charge is 0.251 e. The molecule has 0 aliphatic rings. The predicted octanol–water partition coefficient (Wildman–Crippen LogP) is 0.291. The molecule has 2 aromatic heterocycles. The second-order valence-electron chi connectivity index (χ2n) is 3.00. The molecule has 5 nitrogen and oxygen atoms in total. The van der Waals surface area contributed by atoms with Crippen LogP contribution in [0.15, 0.2) is 35.3 Å². The summed E-state index contributed by atoms with van der Waals surface area (Å²) >= 11 is 0. The summed E-state index contributed by atoms with van der Waals surface area (Å²) in [6.07, 6.45) is 1.64. The van der Waals surface area contributed by atoms with Crippen molar-refractivity contribution in [2.24, 2.45) is 5.73 Å². The third-order valence-electron chi connectivity index (χ3n) is 1.91. The first-order valence-electron chi connectivity index (χ1n) is 4.51. The number of rotatable bonds is 2. The van der Waals surface area contributed by atoms with Crippen LogP contribution in [0.3, 0.4) is 0 Å². The number of nitrogens with zero attached hydrogens (tertiary/aromatic N) is 2. The van der Waals surface area contributed by atoms with Gasteiger partial charge in [-0.25, -0.2) is 4.98 Å². The fraction of sp³-hybridized carbons (Fsp3) is 0.100. The topological polar surface area (TPSA) is 84.7 Å². The van der Waals surface area contributed by atoms with E-state index in [-0.39, 0.29) is 12.1 Å². The molecule has 0 fully saturated rings. The van der Waals surface area contributed by atoms with Crippen LogP contribution >= 0.6 is 0 Å². The number of aromatic nitrogens is 3. The Bertz CT molecular complexity index is 506. The molecule has 0 saturated carbocycles. The number of nitrogens with one attached hydrogen (secondary N) is 1. The summed E-state index contributed by atoms with van der Waals surface area (Å²) in [5.74, 6) is 0.448. The van der Waals surface area contributed by atoms with E-state index in [4.69, 9.17) is 5.73 Å². The van der Waals surface area contributed by atoms with E-state index < -0.39 is 0 Å². The van der Waals surface area contributed by atoms with Crippen LogP contribution in [-0.2, 0) is 6.54 Å². The largest absolute Gasteiger partial charge is 0.325 e. The molecule has 2 aromatic rings. The zero-order chi connectivity index (χ0) is 10.7. The van der Waals surface area contributed by atoms with Crippen molar-refractivity contribution in [3.05, 3.63) is 46.5 Å². The average Bonchev–Trinajstić information content (AvgIpc) is 2.29. The summed E-state index contributed by atoms with van der Waals surface area (Å²) in [7, 11) is 0. The van der Waals surface area contributed by atoms with E-state index in [9.17, 15) is 4.79 Å². The lowest BCUT2D eigenvalue weighted by atomic mass is 10.3. The Morgan fingerprint density at radius 2 is 2.27 bits per heavy atom. The van der Waals surface area contributed by atoms with Gasteiger partial charge in [0.15, 0.2) is 5.82 Å². The number of H-pyrrole nitrogens is 1. The Labute approximate surface area is 86.0 Å². The summed E-state index contributed by atoms with van der Waals surface area (Å²) in [5, 5.41) is 0. The first kappa shape index (κ1) is 9.54. The van der Waals surface area contributed by atoms with Crippen molar-refractivity contribution in [1.82, 2.24) is 15.0 Å². The van der Waals surface area contributed by atoms with Crippen LogP contribution in [0.5, 0.6) is 0 Å². The van der Waals surface area contributed by atoms with Gasteiger partial charge in [-0.1, -0.05) is 6.07 Å². The maximum Gasteiger partial charge on any atom is 0.251 e. The van der Waals surface area contributed by atoms with E-state index in [1.807, 2.05) is 6.07 Å². The molecule has 5 heteroatoms. The van der Waals surface area contributed by atoms with E-state index >= 15 is 0 Å². The maximum atomic E-state index is 11.3. The lowest BCUT2D eigenvalue weighted by Gasteiger charge is -2.01. The molecule has 0 spiro atoms. The maximum absolute atomic E-state index is 11.3. The van der Waals surface area contributed by atoms with Gasteiger partial charge in [0, 0.05) is 18.8 Å². The van der Waals surface area contributed by atoms with E-state index in [0.29, 0.717) is 17.2 Å². The Morgan fingerprint density at radius 1 is 1.40 bits per heavy atom. The van der Waals surface area contributed by atoms with Crippen LogP contribution in [0.2, 0.25) is 0 Å². The molecule has 0 aromatic carbocycles. The summed E-state index contributed by atoms with van der Waals surface area (Å²) < 4.78 is 0. The van der Waals surface area contributed by atoms with Crippen LogP contribution in [0.1, 0.15) is 5.69 Å². The van der Waals surface area contributed by atoms with Gasteiger partial charge in [-0.15, -0.1) is 0 Å². The fourth-order valence-electron chi connectivity index (χ4n) is 1.24. The van der Waals surface area contributed by atoms with Crippen LogP contribution in [0.25, 0.3) is 11.5 Å². The van der Waals surface area contributed by atoms with Crippen molar-refractivity contribution in [2.75, 3.05) is 0 Å². The Kier molecular flexibility index (Phi) is 2.55. The molecular formula is C10H10N4O. The molecule has 3 N–H and O–H groups in total. The van der Waals surface area contributed by atoms with Gasteiger partial charge in [-0.3, -0.25) is 9.78 Å². The van der Waals surface area contributed by atoms with Crippen LogP contribution in [0.4, 0.5) is 0 Å². The molecule has 0 atom stereocenters. The van der Waals surface area contributed by atoms with E-state index in [0.717, 1.165) is 0 Å². The van der Waals surface area contributed by atoms with Crippen LogP contribution in [-0.4, -0.2) is 15.0 Å². The van der Waals surface area contributed by atoms with Crippen molar-refractivity contribution in [3.8, 4) is 11.5 Å². The monoisotopic (exact) mass is 202 g/mol. The standard InChI is InChI=1S/C10H10N4O/c11-6-7-5-9(15)14-10(13-7)8-3-1-2-4-12-8/h1-5H,6,11H2,(H,13,14,15). The lowest BCUT2D eigenvalue weighted by Crippen LogP contribution is -2.13. The highest BCUT2D eigenvalue weighted by molar-refractivity contribution is 5.47. The van der Waals surface area contributed by atoms with Gasteiger partial charge in [-0.2, -0.15) is 0 Å². The molecule has 0 saturated heterocycles. The molecular weight excluding hydrogens is 192 g/mol. The predicted molar refractivity (Wildman–Crippen MR) is 56.0 cm³/mol. The highest BCUT2D eigenvalue weighted by Crippen LogP contribution is 2.08. The van der Waals surface area contributed by atoms with Gasteiger partial charge < -0.3 is 10.7 Å². The number of aromatic amines is 1. The van der Waals surface area contributed by atoms with Crippen molar-refractivity contribution >= 4 is 0 Å². The SMILES string of the molecule is NCc1cc(=O)[nH]c(-c2ccccn2)n1. The summed E-state index contributed by atoms with van der Waals surface area (Å²) in [6.45, 7) is 0.240. The number of hydrogen-bond donors (Lipinski definition) is 2. The Balaban J connectivity index is 2.54. The van der Waals surface area contributed by atoms with Crippen LogP contribution in [0, 0.1) is 0 Å². The van der Waals surface area contributed by atoms with Gasteiger partial charge >= 0.3 is 0 Å². The van der Waals surface area contributed by atoms with E-state index in [1.165, 1.54) is 6.07 Å². The van der Waals surface area contributed by atoms with Gasteiger partial charge in [0.05, 0.1) is 5.69 Å². The molecule has 0 radical (unpaired) electrons. The Hall–Kier alpha value is -2.01. The first-order valence-corrected chi connectivity index (χ1v) is 4.51. The quantitative estimate of drug-likeness (QED) is 0.733. The Morgan fingerprint density at radius 3 is 2.93 bits per heavy atom. The van der Waals surface area contributed by atoms with Gasteiger partial charge in [0.25, 0.3) is 5.56 Å². The zero-order valence-electron chi connectivity index (χ0n) is 7.97. The molecule has 2 rings (SSSR count). The van der Waals surface area contributed by atoms with E-state index in [1.54, 1.807) is 18.3 Å². The molecule has 0 aliphatic heterocycles. The van der Waals surface area contributed by atoms with Crippen LogP contribution < -0.4 is 11.3 Å². The molecule has 15 heavy (non-hydrogen) atoms. The fourth-order valence-corrected chi connectivity index (χ4v) is 1.24. The zero-order valence-corrected chi connectivity index (χ0v) is 7.97. The molecule has 76 valence electrons. The average molecular weight is 202 g/mol. The lowest BCUT2D eigenvalue weighted by molar-refractivity contribution is 0.951. The molecule has 0 aliphatic carbocycles. The minimum atomic E-state index is -0.217. The minimum absolute atomic E-state index is 0.217. The summed E-state index contributed by atoms with van der Waals surface area (Å²) in [6, 6.07) is 6.79. The minimum Gasteiger partial charge on any atom is -0.325 e. The van der Waals surface area contributed by atoms with Crippen molar-refractivity contribution in [1.29, 1.82) is 0 Å². The number of pyridine rings is 1. The third kappa shape index (κ3) is 2.08. The van der Waals surface area contributed by atoms with Crippen molar-refractivity contribution in [3.63, 3.8) is 0 Å².